The van der Waals surface area contributed by atoms with Gasteiger partial charge in [-0.25, -0.2) is 4.98 Å². The van der Waals surface area contributed by atoms with Crippen LogP contribution in [0.1, 0.15) is 37.9 Å². The van der Waals surface area contributed by atoms with Crippen molar-refractivity contribution in [1.29, 1.82) is 0 Å². The molecular formula is C14H22BrN3. The third kappa shape index (κ3) is 3.77. The third-order valence-corrected chi connectivity index (χ3v) is 3.94. The van der Waals surface area contributed by atoms with E-state index >= 15 is 0 Å². The summed E-state index contributed by atoms with van der Waals surface area (Å²) in [4.78, 5) is 7.23. The van der Waals surface area contributed by atoms with Crippen molar-refractivity contribution in [3.05, 3.63) is 28.5 Å². The number of nitrogens with zero attached hydrogens (tertiary/aromatic N) is 2. The third-order valence-electron chi connectivity index (χ3n) is 3.50. The van der Waals surface area contributed by atoms with Crippen LogP contribution in [0.4, 0.5) is 0 Å². The van der Waals surface area contributed by atoms with Crippen LogP contribution in [-0.2, 0) is 0 Å². The second-order valence-corrected chi connectivity index (χ2v) is 5.64. The van der Waals surface area contributed by atoms with Crippen molar-refractivity contribution in [2.24, 2.45) is 0 Å². The predicted octanol–water partition coefficient (Wildman–Crippen LogP) is 2.98. The molecule has 1 saturated heterocycles. The van der Waals surface area contributed by atoms with E-state index in [4.69, 9.17) is 0 Å². The molecule has 0 radical (unpaired) electrons. The minimum absolute atomic E-state index is 0.476. The molecular weight excluding hydrogens is 290 g/mol. The molecule has 0 bridgehead atoms. The minimum Gasteiger partial charge on any atom is -0.314 e. The maximum absolute atomic E-state index is 4.66. The highest BCUT2D eigenvalue weighted by Gasteiger charge is 2.22. The van der Waals surface area contributed by atoms with Crippen molar-refractivity contribution in [2.75, 3.05) is 26.2 Å². The Balaban J connectivity index is 2.12. The number of nitrogens with one attached hydrogen (secondary N) is 1. The van der Waals surface area contributed by atoms with E-state index in [1.54, 1.807) is 0 Å². The van der Waals surface area contributed by atoms with Crippen LogP contribution in [0.3, 0.4) is 0 Å². The van der Waals surface area contributed by atoms with E-state index in [0.29, 0.717) is 6.04 Å². The van der Waals surface area contributed by atoms with Gasteiger partial charge in [0, 0.05) is 26.2 Å². The Labute approximate surface area is 118 Å². The number of unbranched alkanes of at least 4 members (excludes halogenated alkanes) is 1. The summed E-state index contributed by atoms with van der Waals surface area (Å²) in [6, 6.07) is 6.73. The zero-order valence-electron chi connectivity index (χ0n) is 11.0. The maximum atomic E-state index is 4.66. The summed E-state index contributed by atoms with van der Waals surface area (Å²) < 4.78 is 0.941. The molecule has 0 aliphatic carbocycles. The Morgan fingerprint density at radius 2 is 2.17 bits per heavy atom. The fourth-order valence-electron chi connectivity index (χ4n) is 2.52. The SMILES string of the molecule is CCCC[C@H](c1cccc(Br)n1)N1CCNCC1. The van der Waals surface area contributed by atoms with Crippen molar-refractivity contribution in [3.8, 4) is 0 Å². The quantitative estimate of drug-likeness (QED) is 0.847. The molecule has 0 unspecified atom stereocenters. The van der Waals surface area contributed by atoms with Crippen molar-refractivity contribution < 1.29 is 0 Å². The molecule has 2 rings (SSSR count). The van der Waals surface area contributed by atoms with Crippen molar-refractivity contribution in [2.45, 2.75) is 32.2 Å². The molecule has 0 saturated carbocycles. The van der Waals surface area contributed by atoms with Gasteiger partial charge in [0.25, 0.3) is 0 Å². The molecule has 1 aromatic heterocycles. The van der Waals surface area contributed by atoms with Crippen molar-refractivity contribution in [1.82, 2.24) is 15.2 Å². The number of hydrogen-bond donors (Lipinski definition) is 1. The van der Waals surface area contributed by atoms with E-state index < -0.39 is 0 Å². The van der Waals surface area contributed by atoms with Gasteiger partial charge < -0.3 is 5.32 Å². The van der Waals surface area contributed by atoms with Crippen LogP contribution in [0.2, 0.25) is 0 Å². The fourth-order valence-corrected chi connectivity index (χ4v) is 2.88. The van der Waals surface area contributed by atoms with Crippen molar-refractivity contribution in [3.63, 3.8) is 0 Å². The lowest BCUT2D eigenvalue weighted by molar-refractivity contribution is 0.160. The Kier molecular flexibility index (Phi) is 5.60. The normalized spacial score (nSPS) is 18.8. The van der Waals surface area contributed by atoms with Crippen molar-refractivity contribution >= 4 is 15.9 Å². The zero-order chi connectivity index (χ0) is 12.8. The van der Waals surface area contributed by atoms with Gasteiger partial charge in [-0.1, -0.05) is 25.8 Å². The van der Waals surface area contributed by atoms with Crippen LogP contribution < -0.4 is 5.32 Å². The standard InChI is InChI=1S/C14H22BrN3/c1-2-3-6-13(18-10-8-16-9-11-18)12-5-4-7-14(15)17-12/h4-5,7,13,16H,2-3,6,8-11H2,1H3/t13-/m1/s1. The second kappa shape index (κ2) is 7.22. The number of hydrogen-bond acceptors (Lipinski definition) is 3. The number of rotatable bonds is 5. The first kappa shape index (κ1) is 14.0. The van der Waals surface area contributed by atoms with Crippen LogP contribution in [0.5, 0.6) is 0 Å². The number of piperazine rings is 1. The topological polar surface area (TPSA) is 28.2 Å². The summed E-state index contributed by atoms with van der Waals surface area (Å²) in [6.07, 6.45) is 3.72. The van der Waals surface area contributed by atoms with Gasteiger partial charge in [-0.3, -0.25) is 4.90 Å². The molecule has 4 heteroatoms. The molecule has 1 N–H and O–H groups in total. The largest absolute Gasteiger partial charge is 0.314 e. The zero-order valence-corrected chi connectivity index (χ0v) is 12.6. The van der Waals surface area contributed by atoms with Gasteiger partial charge in [0.15, 0.2) is 0 Å². The van der Waals surface area contributed by atoms with Crippen LogP contribution in [0.15, 0.2) is 22.8 Å². The van der Waals surface area contributed by atoms with Crippen LogP contribution in [-0.4, -0.2) is 36.1 Å². The van der Waals surface area contributed by atoms with Gasteiger partial charge >= 0.3 is 0 Å². The number of aromatic nitrogens is 1. The fraction of sp³-hybridized carbons (Fsp3) is 0.643. The van der Waals surface area contributed by atoms with Crippen LogP contribution in [0, 0.1) is 0 Å². The lowest BCUT2D eigenvalue weighted by atomic mass is 10.0. The van der Waals surface area contributed by atoms with E-state index in [0.717, 1.165) is 30.8 Å². The van der Waals surface area contributed by atoms with E-state index in [1.807, 2.05) is 6.07 Å². The smallest absolute Gasteiger partial charge is 0.106 e. The van der Waals surface area contributed by atoms with Gasteiger partial charge in [-0.15, -0.1) is 0 Å². The van der Waals surface area contributed by atoms with E-state index in [1.165, 1.54) is 25.0 Å². The van der Waals surface area contributed by atoms with Crippen LogP contribution in [0.25, 0.3) is 0 Å². The average Bonchev–Trinajstić information content (AvgIpc) is 2.40. The molecule has 1 aromatic rings. The minimum atomic E-state index is 0.476. The summed E-state index contributed by atoms with van der Waals surface area (Å²) in [5.41, 5.74) is 1.21. The first-order valence-electron chi connectivity index (χ1n) is 6.88. The molecule has 1 atom stereocenters. The molecule has 18 heavy (non-hydrogen) atoms. The van der Waals surface area contributed by atoms with Gasteiger partial charge in [0.2, 0.25) is 0 Å². The summed E-state index contributed by atoms with van der Waals surface area (Å²) in [5, 5.41) is 3.42. The summed E-state index contributed by atoms with van der Waals surface area (Å²) in [6.45, 7) is 6.70. The van der Waals surface area contributed by atoms with E-state index in [-0.39, 0.29) is 0 Å². The molecule has 3 nitrogen and oxygen atoms in total. The first-order chi connectivity index (χ1) is 8.81. The van der Waals surface area contributed by atoms with Gasteiger partial charge in [0.1, 0.15) is 4.60 Å². The highest BCUT2D eigenvalue weighted by molar-refractivity contribution is 9.10. The molecule has 2 heterocycles. The molecule has 0 spiro atoms. The molecule has 1 aliphatic rings. The molecule has 1 aliphatic heterocycles. The Morgan fingerprint density at radius 1 is 1.39 bits per heavy atom. The molecule has 0 amide bonds. The summed E-state index contributed by atoms with van der Waals surface area (Å²) in [5.74, 6) is 0. The maximum Gasteiger partial charge on any atom is 0.106 e. The molecule has 1 fully saturated rings. The average molecular weight is 312 g/mol. The first-order valence-corrected chi connectivity index (χ1v) is 7.68. The van der Waals surface area contributed by atoms with Crippen LogP contribution >= 0.6 is 15.9 Å². The summed E-state index contributed by atoms with van der Waals surface area (Å²) in [7, 11) is 0. The van der Waals surface area contributed by atoms with E-state index in [2.05, 4.69) is 50.2 Å². The predicted molar refractivity (Wildman–Crippen MR) is 78.6 cm³/mol. The Hall–Kier alpha value is -0.450. The van der Waals surface area contributed by atoms with Gasteiger partial charge in [0.05, 0.1) is 11.7 Å². The number of halogens is 1. The Morgan fingerprint density at radius 3 is 2.83 bits per heavy atom. The highest BCUT2D eigenvalue weighted by Crippen LogP contribution is 2.26. The number of pyridine rings is 1. The second-order valence-electron chi connectivity index (χ2n) is 4.83. The van der Waals surface area contributed by atoms with E-state index in [9.17, 15) is 0 Å². The molecule has 100 valence electrons. The lowest BCUT2D eigenvalue weighted by Crippen LogP contribution is -2.45. The van der Waals surface area contributed by atoms with Gasteiger partial charge in [-0.05, 0) is 34.5 Å². The highest BCUT2D eigenvalue weighted by atomic mass is 79.9. The summed E-state index contributed by atoms with van der Waals surface area (Å²) >= 11 is 3.48. The lowest BCUT2D eigenvalue weighted by Gasteiger charge is -2.34. The molecule has 0 aromatic carbocycles. The van der Waals surface area contributed by atoms with Gasteiger partial charge in [-0.2, -0.15) is 0 Å². The monoisotopic (exact) mass is 311 g/mol. The Bertz CT molecular complexity index is 364.